The first kappa shape index (κ1) is 18.5. The van der Waals surface area contributed by atoms with Crippen LogP contribution in [0, 0.1) is 6.92 Å². The summed E-state index contributed by atoms with van der Waals surface area (Å²) >= 11 is 0. The number of hydrogen-bond donors (Lipinski definition) is 2. The van der Waals surface area contributed by atoms with Gasteiger partial charge in [-0.2, -0.15) is 0 Å². The summed E-state index contributed by atoms with van der Waals surface area (Å²) in [5, 5.41) is 5.66. The highest BCUT2D eigenvalue weighted by atomic mass is 16.5. The van der Waals surface area contributed by atoms with E-state index in [1.165, 1.54) is 5.56 Å². The molecule has 3 aromatic rings. The van der Waals surface area contributed by atoms with Crippen molar-refractivity contribution < 1.29 is 13.9 Å². The third-order valence-corrected chi connectivity index (χ3v) is 4.19. The van der Waals surface area contributed by atoms with Gasteiger partial charge in [0.1, 0.15) is 17.2 Å². The average Bonchev–Trinajstić information content (AvgIpc) is 3.07. The van der Waals surface area contributed by atoms with Crippen molar-refractivity contribution in [3.05, 3.63) is 71.6 Å². The molecule has 1 aromatic heterocycles. The molecule has 0 unspecified atom stereocenters. The Morgan fingerprint density at radius 1 is 1.07 bits per heavy atom. The van der Waals surface area contributed by atoms with E-state index >= 15 is 0 Å². The van der Waals surface area contributed by atoms with E-state index in [1.807, 2.05) is 61.5 Å². The molecule has 2 N–H and O–H groups in total. The number of hydrogen-bond acceptors (Lipinski definition) is 4. The second-order valence-corrected chi connectivity index (χ2v) is 6.07. The molecule has 0 radical (unpaired) electrons. The van der Waals surface area contributed by atoms with Crippen molar-refractivity contribution in [3.63, 3.8) is 0 Å². The molecule has 0 atom stereocenters. The van der Waals surface area contributed by atoms with E-state index in [0.717, 1.165) is 12.0 Å². The smallest absolute Gasteiger partial charge is 0.315 e. The van der Waals surface area contributed by atoms with Crippen molar-refractivity contribution in [1.29, 1.82) is 0 Å². The van der Waals surface area contributed by atoms with Gasteiger partial charge in [0.15, 0.2) is 0 Å². The van der Waals surface area contributed by atoms with Gasteiger partial charge in [-0.1, -0.05) is 42.5 Å². The van der Waals surface area contributed by atoms with Crippen LogP contribution in [0.1, 0.15) is 17.0 Å². The van der Waals surface area contributed by atoms with Crippen molar-refractivity contribution in [1.82, 2.24) is 15.6 Å². The van der Waals surface area contributed by atoms with Crippen molar-refractivity contribution in [3.8, 4) is 17.2 Å². The first-order chi connectivity index (χ1) is 13.2. The SMILES string of the molecule is COc1ccccc1-c1nc(CNC(=O)NCCc2ccccc2)c(C)o1. The summed E-state index contributed by atoms with van der Waals surface area (Å²) in [5.74, 6) is 1.84. The van der Waals surface area contributed by atoms with Gasteiger partial charge in [0, 0.05) is 6.54 Å². The first-order valence-corrected chi connectivity index (χ1v) is 8.82. The minimum Gasteiger partial charge on any atom is -0.496 e. The van der Waals surface area contributed by atoms with Crippen LogP contribution in [0.15, 0.2) is 59.0 Å². The first-order valence-electron chi connectivity index (χ1n) is 8.82. The molecule has 6 heteroatoms. The molecule has 2 aromatic carbocycles. The summed E-state index contributed by atoms with van der Waals surface area (Å²) in [6.07, 6.45) is 0.787. The van der Waals surface area contributed by atoms with Gasteiger partial charge < -0.3 is 19.8 Å². The van der Waals surface area contributed by atoms with Gasteiger partial charge >= 0.3 is 6.03 Å². The highest BCUT2D eigenvalue weighted by molar-refractivity contribution is 5.73. The highest BCUT2D eigenvalue weighted by Gasteiger charge is 2.15. The van der Waals surface area contributed by atoms with E-state index in [-0.39, 0.29) is 6.03 Å². The van der Waals surface area contributed by atoms with Gasteiger partial charge in [0.2, 0.25) is 5.89 Å². The normalized spacial score (nSPS) is 10.4. The molecule has 0 saturated carbocycles. The van der Waals surface area contributed by atoms with Gasteiger partial charge in [-0.25, -0.2) is 9.78 Å². The van der Waals surface area contributed by atoms with E-state index in [2.05, 4.69) is 15.6 Å². The summed E-state index contributed by atoms with van der Waals surface area (Å²) in [5.41, 5.74) is 2.65. The zero-order valence-electron chi connectivity index (χ0n) is 15.5. The molecule has 3 rings (SSSR count). The van der Waals surface area contributed by atoms with Crippen LogP contribution in [-0.4, -0.2) is 24.7 Å². The summed E-state index contributed by atoms with van der Waals surface area (Å²) < 4.78 is 11.1. The molecule has 0 aliphatic heterocycles. The highest BCUT2D eigenvalue weighted by Crippen LogP contribution is 2.30. The third-order valence-electron chi connectivity index (χ3n) is 4.19. The van der Waals surface area contributed by atoms with E-state index in [0.29, 0.717) is 36.2 Å². The fraction of sp³-hybridized carbons (Fsp3) is 0.238. The molecule has 0 bridgehead atoms. The number of ether oxygens (including phenoxy) is 1. The average molecular weight is 365 g/mol. The van der Waals surface area contributed by atoms with E-state index in [9.17, 15) is 4.79 Å². The Hall–Kier alpha value is -3.28. The maximum Gasteiger partial charge on any atom is 0.315 e. The number of amides is 2. The van der Waals surface area contributed by atoms with Crippen LogP contribution >= 0.6 is 0 Å². The number of carbonyl (C=O) groups excluding carboxylic acids is 1. The van der Waals surface area contributed by atoms with Crippen LogP contribution in [0.4, 0.5) is 4.79 Å². The number of aromatic nitrogens is 1. The molecule has 0 aliphatic carbocycles. The maximum atomic E-state index is 12.0. The van der Waals surface area contributed by atoms with Gasteiger partial charge in [-0.3, -0.25) is 0 Å². The predicted octanol–water partition coefficient (Wildman–Crippen LogP) is 3.70. The van der Waals surface area contributed by atoms with Gasteiger partial charge in [0.25, 0.3) is 0 Å². The topological polar surface area (TPSA) is 76.4 Å². The number of rotatable bonds is 7. The van der Waals surface area contributed by atoms with Crippen LogP contribution in [0.3, 0.4) is 0 Å². The number of nitrogens with zero attached hydrogens (tertiary/aromatic N) is 1. The zero-order valence-corrected chi connectivity index (χ0v) is 15.5. The number of carbonyl (C=O) groups is 1. The monoisotopic (exact) mass is 365 g/mol. The Bertz CT molecular complexity index is 891. The molecule has 2 amide bonds. The number of urea groups is 1. The molecular formula is C21H23N3O3. The molecule has 27 heavy (non-hydrogen) atoms. The lowest BCUT2D eigenvalue weighted by atomic mass is 10.1. The Morgan fingerprint density at radius 2 is 1.81 bits per heavy atom. The lowest BCUT2D eigenvalue weighted by molar-refractivity contribution is 0.240. The van der Waals surface area contributed by atoms with E-state index in [4.69, 9.17) is 9.15 Å². The van der Waals surface area contributed by atoms with Gasteiger partial charge in [-0.05, 0) is 31.0 Å². The third kappa shape index (κ3) is 4.88. The number of benzene rings is 2. The van der Waals surface area contributed by atoms with Gasteiger partial charge in [-0.15, -0.1) is 0 Å². The minimum absolute atomic E-state index is 0.229. The van der Waals surface area contributed by atoms with Crippen molar-refractivity contribution in [2.45, 2.75) is 19.9 Å². The fourth-order valence-corrected chi connectivity index (χ4v) is 2.72. The second kappa shape index (κ2) is 8.89. The Morgan fingerprint density at radius 3 is 2.59 bits per heavy atom. The quantitative estimate of drug-likeness (QED) is 0.669. The van der Waals surface area contributed by atoms with Crippen LogP contribution in [0.2, 0.25) is 0 Å². The lowest BCUT2D eigenvalue weighted by Crippen LogP contribution is -2.36. The standard InChI is InChI=1S/C21H23N3O3/c1-15-18(24-20(27-15)17-10-6-7-11-19(17)26-2)14-23-21(25)22-13-12-16-8-4-3-5-9-16/h3-11H,12-14H2,1-2H3,(H2,22,23,25). The number of nitrogens with one attached hydrogen (secondary N) is 2. The molecule has 6 nitrogen and oxygen atoms in total. The van der Waals surface area contributed by atoms with Crippen molar-refractivity contribution in [2.75, 3.05) is 13.7 Å². The molecular weight excluding hydrogens is 342 g/mol. The van der Waals surface area contributed by atoms with E-state index < -0.39 is 0 Å². The number of para-hydroxylation sites is 1. The zero-order chi connectivity index (χ0) is 19.1. The number of methoxy groups -OCH3 is 1. The molecule has 1 heterocycles. The fourth-order valence-electron chi connectivity index (χ4n) is 2.72. The van der Waals surface area contributed by atoms with Gasteiger partial charge in [0.05, 0.1) is 19.2 Å². The Kier molecular flexibility index (Phi) is 6.10. The Labute approximate surface area is 158 Å². The van der Waals surface area contributed by atoms with Crippen molar-refractivity contribution >= 4 is 6.03 Å². The summed E-state index contributed by atoms with van der Waals surface area (Å²) in [7, 11) is 1.61. The number of aryl methyl sites for hydroxylation is 1. The second-order valence-electron chi connectivity index (χ2n) is 6.07. The number of oxazole rings is 1. The largest absolute Gasteiger partial charge is 0.496 e. The molecule has 0 aliphatic rings. The molecule has 0 fully saturated rings. The Balaban J connectivity index is 1.54. The van der Waals surface area contributed by atoms with Crippen LogP contribution in [0.25, 0.3) is 11.5 Å². The molecule has 0 spiro atoms. The van der Waals surface area contributed by atoms with Crippen LogP contribution in [-0.2, 0) is 13.0 Å². The summed E-state index contributed by atoms with van der Waals surface area (Å²) in [6, 6.07) is 17.3. The van der Waals surface area contributed by atoms with E-state index in [1.54, 1.807) is 7.11 Å². The summed E-state index contributed by atoms with van der Waals surface area (Å²) in [6.45, 7) is 2.69. The predicted molar refractivity (Wildman–Crippen MR) is 104 cm³/mol. The van der Waals surface area contributed by atoms with Crippen molar-refractivity contribution in [2.24, 2.45) is 0 Å². The molecule has 140 valence electrons. The minimum atomic E-state index is -0.229. The van der Waals surface area contributed by atoms with Crippen LogP contribution in [0.5, 0.6) is 5.75 Å². The molecule has 0 saturated heterocycles. The maximum absolute atomic E-state index is 12.0. The van der Waals surface area contributed by atoms with Crippen LogP contribution < -0.4 is 15.4 Å². The summed E-state index contributed by atoms with van der Waals surface area (Å²) in [4.78, 5) is 16.5. The lowest BCUT2D eigenvalue weighted by Gasteiger charge is -2.06.